The van der Waals surface area contributed by atoms with Crippen LogP contribution in [-0.4, -0.2) is 72.5 Å². The van der Waals surface area contributed by atoms with E-state index in [0.29, 0.717) is 0 Å². The van der Waals surface area contributed by atoms with Crippen LogP contribution >= 0.6 is 0 Å². The highest BCUT2D eigenvalue weighted by atomic mass is 32.2. The van der Waals surface area contributed by atoms with Gasteiger partial charge in [0.05, 0.1) is 18.8 Å². The topological polar surface area (TPSA) is 110 Å². The van der Waals surface area contributed by atoms with Crippen molar-refractivity contribution in [2.75, 3.05) is 13.2 Å². The fourth-order valence-electron chi connectivity index (χ4n) is 3.25. The second-order valence-corrected chi connectivity index (χ2v) is 9.21. The third-order valence-corrected chi connectivity index (χ3v) is 6.22. The van der Waals surface area contributed by atoms with Gasteiger partial charge in [-0.05, 0) is 25.7 Å². The number of aliphatic hydroxyl groups is 1. The summed E-state index contributed by atoms with van der Waals surface area (Å²) in [4.78, 5) is 11.9. The van der Waals surface area contributed by atoms with E-state index in [2.05, 4.69) is 11.3 Å². The van der Waals surface area contributed by atoms with Crippen LogP contribution in [0.15, 0.2) is 12.2 Å². The van der Waals surface area contributed by atoms with Gasteiger partial charge >= 0.3 is 39.6 Å². The van der Waals surface area contributed by atoms with E-state index >= 15 is 0 Å². The predicted octanol–water partition coefficient (Wildman–Crippen LogP) is 4.02. The van der Waals surface area contributed by atoms with Crippen molar-refractivity contribution in [1.29, 1.82) is 0 Å². The number of carbonyl (C=O) groups excluding carboxylic acids is 1. The zero-order valence-corrected chi connectivity index (χ0v) is 18.3. The van der Waals surface area contributed by atoms with E-state index in [4.69, 9.17) is 9.29 Å². The fourth-order valence-corrected chi connectivity index (χ4v) is 3.73. The van der Waals surface area contributed by atoms with Crippen molar-refractivity contribution in [3.63, 3.8) is 0 Å². The minimum absolute atomic E-state index is 0.490. The molecule has 0 aromatic carbocycles. The van der Waals surface area contributed by atoms with Crippen molar-refractivity contribution in [2.24, 2.45) is 5.92 Å². The molecule has 1 rings (SSSR count). The summed E-state index contributed by atoms with van der Waals surface area (Å²) in [5, 5.41) is 3.59. The molecule has 1 saturated carbocycles. The van der Waals surface area contributed by atoms with E-state index in [0.717, 1.165) is 0 Å². The molecule has 0 aromatic rings. The van der Waals surface area contributed by atoms with Crippen LogP contribution in [0.25, 0.3) is 0 Å². The third kappa shape index (κ3) is 6.76. The zero-order chi connectivity index (χ0) is 27.7. The first-order valence-electron chi connectivity index (χ1n) is 9.54. The Morgan fingerprint density at radius 1 is 0.914 bits per heavy atom. The summed E-state index contributed by atoms with van der Waals surface area (Å²) in [6, 6.07) is 0. The lowest BCUT2D eigenvalue weighted by Crippen LogP contribution is -2.62. The van der Waals surface area contributed by atoms with Gasteiger partial charge in [-0.25, -0.2) is 4.79 Å². The Hall–Kier alpha value is -1.66. The minimum atomic E-state index is -6.44. The molecule has 0 aromatic heterocycles. The molecule has 1 fully saturated rings. The van der Waals surface area contributed by atoms with Crippen LogP contribution in [0, 0.1) is 5.92 Å². The lowest BCUT2D eigenvalue weighted by atomic mass is 9.75. The molecule has 18 heteroatoms. The molecule has 0 radical (unpaired) electrons. The molecular weight excluding hydrogens is 538 g/mol. The normalized spacial score (nSPS) is 21.0. The highest BCUT2D eigenvalue weighted by Crippen LogP contribution is 2.51. The van der Waals surface area contributed by atoms with Crippen LogP contribution in [0.4, 0.5) is 43.9 Å². The van der Waals surface area contributed by atoms with E-state index in [1.54, 1.807) is 0 Å². The second-order valence-electron chi connectivity index (χ2n) is 7.74. The van der Waals surface area contributed by atoms with Gasteiger partial charge in [-0.1, -0.05) is 6.58 Å². The summed E-state index contributed by atoms with van der Waals surface area (Å²) in [7, 11) is -6.44. The number of hydrogen-bond acceptors (Lipinski definition) is 6. The summed E-state index contributed by atoms with van der Waals surface area (Å²) >= 11 is 0. The van der Waals surface area contributed by atoms with Gasteiger partial charge in [-0.3, -0.25) is 4.55 Å². The Balaban J connectivity index is 2.57. The first-order chi connectivity index (χ1) is 15.5. The van der Waals surface area contributed by atoms with Gasteiger partial charge in [0.1, 0.15) is 6.10 Å². The number of halogens is 10. The molecule has 0 spiro atoms. The Bertz CT molecular complexity index is 861. The molecular formula is C17H20F10O7S. The smallest absolute Gasteiger partial charge is 0.431 e. The maximum absolute atomic E-state index is 13.3. The number of hydrogen-bond donors (Lipinski definition) is 2. The van der Waals surface area contributed by atoms with Crippen molar-refractivity contribution < 1.29 is 76.2 Å². The van der Waals surface area contributed by atoms with Crippen LogP contribution in [0.1, 0.15) is 32.1 Å². The average Bonchev–Trinajstić information content (AvgIpc) is 2.68. The van der Waals surface area contributed by atoms with E-state index in [1.165, 1.54) is 0 Å². The highest BCUT2D eigenvalue weighted by Gasteiger charge is 2.73. The Morgan fingerprint density at radius 3 is 1.77 bits per heavy atom. The Labute approximate surface area is 191 Å². The number of esters is 1. The third-order valence-electron chi connectivity index (χ3n) is 5.28. The Kier molecular flexibility index (Phi) is 9.30. The largest absolute Gasteiger partial charge is 0.459 e. The molecule has 7 nitrogen and oxygen atoms in total. The standard InChI is InChI=1S/C17H20F10O7S/c1-9(8-33-7-6-13(18,19)17(26,27)35(30,31)32)12(28)34-11-4-2-10(3-5-11)14(29,15(20,21)22)16(23,24)25/h10-11,29H,1-8H2,(H,30,31,32). The van der Waals surface area contributed by atoms with Crippen molar-refractivity contribution in [3.05, 3.63) is 12.2 Å². The second kappa shape index (κ2) is 10.4. The van der Waals surface area contributed by atoms with E-state index in [1.807, 2.05) is 0 Å². The predicted molar refractivity (Wildman–Crippen MR) is 94.9 cm³/mol. The maximum atomic E-state index is 13.3. The molecule has 1 aliphatic rings. The van der Waals surface area contributed by atoms with Crippen molar-refractivity contribution >= 4 is 16.1 Å². The molecule has 0 aliphatic heterocycles. The summed E-state index contributed by atoms with van der Waals surface area (Å²) in [5.41, 5.74) is -5.54. The number of ether oxygens (including phenoxy) is 2. The van der Waals surface area contributed by atoms with Gasteiger partial charge in [0.25, 0.3) is 5.60 Å². The quantitative estimate of drug-likeness (QED) is 0.137. The summed E-state index contributed by atoms with van der Waals surface area (Å²) in [6.07, 6.45) is -17.7. The van der Waals surface area contributed by atoms with Crippen molar-refractivity contribution in [2.45, 2.75) is 67.3 Å². The monoisotopic (exact) mass is 558 g/mol. The lowest BCUT2D eigenvalue weighted by Gasteiger charge is -2.41. The molecule has 2 N–H and O–H groups in total. The maximum Gasteiger partial charge on any atom is 0.431 e. The molecule has 0 bridgehead atoms. The number of carbonyl (C=O) groups is 1. The van der Waals surface area contributed by atoms with E-state index in [9.17, 15) is 62.2 Å². The van der Waals surface area contributed by atoms with E-state index in [-0.39, 0.29) is 0 Å². The van der Waals surface area contributed by atoms with Gasteiger partial charge in [-0.15, -0.1) is 0 Å². The number of rotatable bonds is 10. The van der Waals surface area contributed by atoms with Gasteiger partial charge in [0, 0.05) is 12.3 Å². The SMILES string of the molecule is C=C(COCCC(F)(F)C(F)(F)S(=O)(=O)O)C(=O)OC1CCC(C(O)(C(F)(F)F)C(F)(F)F)CC1. The first kappa shape index (κ1) is 31.4. The van der Waals surface area contributed by atoms with Crippen LogP contribution in [-0.2, 0) is 24.4 Å². The first-order valence-corrected chi connectivity index (χ1v) is 11.0. The van der Waals surface area contributed by atoms with Gasteiger partial charge in [0.15, 0.2) is 0 Å². The van der Waals surface area contributed by atoms with Crippen LogP contribution in [0.5, 0.6) is 0 Å². The molecule has 0 unspecified atom stereocenters. The van der Waals surface area contributed by atoms with Crippen LogP contribution in [0.2, 0.25) is 0 Å². The lowest BCUT2D eigenvalue weighted by molar-refractivity contribution is -0.387. The molecule has 206 valence electrons. The summed E-state index contributed by atoms with van der Waals surface area (Å²) < 4.78 is 169. The zero-order valence-electron chi connectivity index (χ0n) is 17.4. The van der Waals surface area contributed by atoms with Crippen LogP contribution in [0.3, 0.4) is 0 Å². The molecule has 1 aliphatic carbocycles. The van der Waals surface area contributed by atoms with Crippen molar-refractivity contribution in [3.8, 4) is 0 Å². The van der Waals surface area contributed by atoms with Gasteiger partial charge < -0.3 is 14.6 Å². The minimum Gasteiger partial charge on any atom is -0.459 e. The molecule has 0 atom stereocenters. The van der Waals surface area contributed by atoms with Crippen LogP contribution < -0.4 is 0 Å². The fraction of sp³-hybridized carbons (Fsp3) is 0.824. The average molecular weight is 558 g/mol. The molecule has 0 amide bonds. The van der Waals surface area contributed by atoms with E-state index < -0.39 is 108 Å². The van der Waals surface area contributed by atoms with Gasteiger partial charge in [-0.2, -0.15) is 52.3 Å². The summed E-state index contributed by atoms with van der Waals surface area (Å²) in [6.45, 7) is 1.03. The molecule has 0 heterocycles. The Morgan fingerprint density at radius 2 is 1.37 bits per heavy atom. The van der Waals surface area contributed by atoms with Gasteiger partial charge in [0.2, 0.25) is 0 Å². The molecule has 35 heavy (non-hydrogen) atoms. The van der Waals surface area contributed by atoms with Crippen molar-refractivity contribution in [1.82, 2.24) is 0 Å². The highest BCUT2D eigenvalue weighted by molar-refractivity contribution is 7.87. The summed E-state index contributed by atoms with van der Waals surface area (Å²) in [5.74, 6) is -8.77. The molecule has 0 saturated heterocycles. The number of alkyl halides is 10.